The van der Waals surface area contributed by atoms with E-state index in [1.807, 2.05) is 0 Å². The molecule has 0 amide bonds. The van der Waals surface area contributed by atoms with Crippen molar-refractivity contribution in [2.24, 2.45) is 5.73 Å². The number of halogens is 3. The van der Waals surface area contributed by atoms with Crippen LogP contribution in [0.15, 0.2) is 12.1 Å². The zero-order chi connectivity index (χ0) is 10.0. The highest BCUT2D eigenvalue weighted by molar-refractivity contribution is 6.42. The van der Waals surface area contributed by atoms with Crippen LogP contribution in [-0.2, 0) is 0 Å². The monoisotopic (exact) mass is 223 g/mol. The van der Waals surface area contributed by atoms with E-state index < -0.39 is 11.9 Å². The van der Waals surface area contributed by atoms with Crippen molar-refractivity contribution in [1.29, 1.82) is 0 Å². The molecule has 0 radical (unpaired) electrons. The lowest BCUT2D eigenvalue weighted by Crippen LogP contribution is -2.16. The first-order valence-electron chi connectivity index (χ1n) is 3.57. The van der Waals surface area contributed by atoms with Gasteiger partial charge in [-0.1, -0.05) is 23.2 Å². The van der Waals surface area contributed by atoms with E-state index in [1.54, 1.807) is 0 Å². The lowest BCUT2D eigenvalue weighted by molar-refractivity contribution is 0.265. The van der Waals surface area contributed by atoms with E-state index >= 15 is 0 Å². The Morgan fingerprint density at radius 2 is 2.08 bits per heavy atom. The van der Waals surface area contributed by atoms with Gasteiger partial charge in [0.05, 0.1) is 22.7 Å². The lowest BCUT2D eigenvalue weighted by atomic mass is 10.1. The van der Waals surface area contributed by atoms with E-state index in [0.717, 1.165) is 0 Å². The third-order valence-corrected chi connectivity index (χ3v) is 2.47. The Morgan fingerprint density at radius 3 is 2.62 bits per heavy atom. The SMILES string of the molecule is N[C@@H](CO)c1c(F)ccc(Cl)c1Cl. The minimum Gasteiger partial charge on any atom is -0.394 e. The summed E-state index contributed by atoms with van der Waals surface area (Å²) in [7, 11) is 0. The fourth-order valence-electron chi connectivity index (χ4n) is 0.974. The molecular weight excluding hydrogens is 216 g/mol. The molecule has 0 saturated carbocycles. The summed E-state index contributed by atoms with van der Waals surface area (Å²) < 4.78 is 13.1. The number of hydrogen-bond acceptors (Lipinski definition) is 2. The molecule has 1 rings (SSSR count). The van der Waals surface area contributed by atoms with Crippen LogP contribution in [0.2, 0.25) is 10.0 Å². The highest BCUT2D eigenvalue weighted by atomic mass is 35.5. The molecule has 0 unspecified atom stereocenters. The van der Waals surface area contributed by atoms with Gasteiger partial charge in [-0.3, -0.25) is 0 Å². The maximum absolute atomic E-state index is 13.1. The maximum atomic E-state index is 13.1. The van der Waals surface area contributed by atoms with Crippen molar-refractivity contribution < 1.29 is 9.50 Å². The van der Waals surface area contributed by atoms with Gasteiger partial charge in [0.2, 0.25) is 0 Å². The molecule has 5 heteroatoms. The second-order valence-electron chi connectivity index (χ2n) is 2.55. The summed E-state index contributed by atoms with van der Waals surface area (Å²) in [5.41, 5.74) is 5.48. The van der Waals surface area contributed by atoms with E-state index in [9.17, 15) is 4.39 Å². The van der Waals surface area contributed by atoms with Gasteiger partial charge < -0.3 is 10.8 Å². The van der Waals surface area contributed by atoms with Gasteiger partial charge in [-0.2, -0.15) is 0 Å². The van der Waals surface area contributed by atoms with Crippen molar-refractivity contribution in [3.63, 3.8) is 0 Å². The summed E-state index contributed by atoms with van der Waals surface area (Å²) >= 11 is 11.4. The molecule has 72 valence electrons. The molecule has 0 aliphatic carbocycles. The summed E-state index contributed by atoms with van der Waals surface area (Å²) in [5, 5.41) is 9.02. The van der Waals surface area contributed by atoms with Crippen LogP contribution in [0.25, 0.3) is 0 Å². The normalized spacial score (nSPS) is 13.0. The highest BCUT2D eigenvalue weighted by Crippen LogP contribution is 2.31. The van der Waals surface area contributed by atoms with Crippen LogP contribution in [0, 0.1) is 5.82 Å². The standard InChI is InChI=1S/C8H8Cl2FNO/c9-4-1-2-5(11)7(8(4)10)6(12)3-13/h1-2,6,13H,3,12H2/t6-/m0/s1. The second-order valence-corrected chi connectivity index (χ2v) is 3.33. The Morgan fingerprint density at radius 1 is 1.46 bits per heavy atom. The van der Waals surface area contributed by atoms with Crippen molar-refractivity contribution in [2.45, 2.75) is 6.04 Å². The zero-order valence-corrected chi connectivity index (χ0v) is 8.11. The molecule has 0 aromatic heterocycles. The van der Waals surface area contributed by atoms with Gasteiger partial charge in [-0.25, -0.2) is 4.39 Å². The summed E-state index contributed by atoms with van der Waals surface area (Å²) in [6.07, 6.45) is 0. The van der Waals surface area contributed by atoms with Gasteiger partial charge in [0.15, 0.2) is 0 Å². The van der Waals surface area contributed by atoms with Gasteiger partial charge in [0.25, 0.3) is 0 Å². The van der Waals surface area contributed by atoms with Crippen LogP contribution in [0.5, 0.6) is 0 Å². The maximum Gasteiger partial charge on any atom is 0.129 e. The topological polar surface area (TPSA) is 46.2 Å². The van der Waals surface area contributed by atoms with E-state index in [-0.39, 0.29) is 22.2 Å². The molecule has 1 aromatic rings. The van der Waals surface area contributed by atoms with Gasteiger partial charge in [-0.15, -0.1) is 0 Å². The Hall–Kier alpha value is -0.350. The van der Waals surface area contributed by atoms with Crippen molar-refractivity contribution >= 4 is 23.2 Å². The number of benzene rings is 1. The van der Waals surface area contributed by atoms with E-state index in [0.29, 0.717) is 0 Å². The van der Waals surface area contributed by atoms with Gasteiger partial charge in [0.1, 0.15) is 5.82 Å². The first-order valence-corrected chi connectivity index (χ1v) is 4.33. The molecule has 0 fully saturated rings. The Balaban J connectivity index is 3.25. The number of hydrogen-bond donors (Lipinski definition) is 2. The second kappa shape index (κ2) is 4.24. The fraction of sp³-hybridized carbons (Fsp3) is 0.250. The van der Waals surface area contributed by atoms with E-state index in [1.165, 1.54) is 12.1 Å². The summed E-state index contributed by atoms with van der Waals surface area (Å²) in [5.74, 6) is -0.559. The first-order chi connectivity index (χ1) is 6.07. The number of nitrogens with two attached hydrogens (primary N) is 1. The van der Waals surface area contributed by atoms with Gasteiger partial charge >= 0.3 is 0 Å². The molecular formula is C8H8Cl2FNO. The van der Waals surface area contributed by atoms with E-state index in [2.05, 4.69) is 0 Å². The Bertz CT molecular complexity index is 319. The van der Waals surface area contributed by atoms with Crippen LogP contribution < -0.4 is 5.73 Å². The molecule has 3 N–H and O–H groups in total. The molecule has 2 nitrogen and oxygen atoms in total. The van der Waals surface area contributed by atoms with Gasteiger partial charge in [0, 0.05) is 5.56 Å². The van der Waals surface area contributed by atoms with Crippen LogP contribution >= 0.6 is 23.2 Å². The Kier molecular flexibility index (Phi) is 3.50. The van der Waals surface area contributed by atoms with E-state index in [4.69, 9.17) is 34.0 Å². The van der Waals surface area contributed by atoms with Crippen molar-refractivity contribution in [1.82, 2.24) is 0 Å². The molecule has 0 heterocycles. The van der Waals surface area contributed by atoms with Crippen molar-refractivity contribution in [2.75, 3.05) is 6.61 Å². The smallest absolute Gasteiger partial charge is 0.129 e. The zero-order valence-electron chi connectivity index (χ0n) is 6.60. The number of rotatable bonds is 2. The Labute approximate surface area is 85.1 Å². The molecule has 1 aromatic carbocycles. The predicted molar refractivity (Wildman–Crippen MR) is 50.4 cm³/mol. The minimum absolute atomic E-state index is 0.0525. The van der Waals surface area contributed by atoms with Crippen LogP contribution in [0.3, 0.4) is 0 Å². The van der Waals surface area contributed by atoms with Crippen LogP contribution in [0.1, 0.15) is 11.6 Å². The lowest BCUT2D eigenvalue weighted by Gasteiger charge is -2.12. The summed E-state index contributed by atoms with van der Waals surface area (Å²) in [4.78, 5) is 0. The predicted octanol–water partition coefficient (Wildman–Crippen LogP) is 2.12. The van der Waals surface area contributed by atoms with Crippen molar-refractivity contribution in [3.05, 3.63) is 33.6 Å². The largest absolute Gasteiger partial charge is 0.394 e. The fourth-order valence-corrected chi connectivity index (χ4v) is 1.43. The van der Waals surface area contributed by atoms with Crippen LogP contribution in [0.4, 0.5) is 4.39 Å². The number of aliphatic hydroxyl groups excluding tert-OH is 1. The third kappa shape index (κ3) is 2.11. The molecule has 0 saturated heterocycles. The molecule has 0 aliphatic rings. The summed E-state index contributed by atoms with van der Waals surface area (Å²) in [6.45, 7) is -0.378. The average molecular weight is 224 g/mol. The first kappa shape index (κ1) is 10.7. The van der Waals surface area contributed by atoms with Crippen molar-refractivity contribution in [3.8, 4) is 0 Å². The van der Waals surface area contributed by atoms with Gasteiger partial charge in [-0.05, 0) is 12.1 Å². The average Bonchev–Trinajstić information content (AvgIpc) is 2.12. The highest BCUT2D eigenvalue weighted by Gasteiger charge is 2.16. The molecule has 1 atom stereocenters. The quantitative estimate of drug-likeness (QED) is 0.755. The molecule has 13 heavy (non-hydrogen) atoms. The van der Waals surface area contributed by atoms with Crippen LogP contribution in [-0.4, -0.2) is 11.7 Å². The minimum atomic E-state index is -0.841. The summed E-state index contributed by atoms with van der Waals surface area (Å²) in [6, 6.07) is 1.66. The molecule has 0 spiro atoms. The third-order valence-electron chi connectivity index (χ3n) is 1.65. The number of aliphatic hydroxyl groups is 1. The molecule has 0 bridgehead atoms. The molecule has 0 aliphatic heterocycles.